The molecule has 0 aliphatic heterocycles. The molecule has 0 atom stereocenters. The van der Waals surface area contributed by atoms with Crippen LogP contribution in [0.5, 0.6) is 5.75 Å². The van der Waals surface area contributed by atoms with E-state index in [2.05, 4.69) is 5.32 Å². The van der Waals surface area contributed by atoms with Crippen molar-refractivity contribution in [3.8, 4) is 5.75 Å². The van der Waals surface area contributed by atoms with Crippen LogP contribution in [0.1, 0.15) is 21.5 Å². The van der Waals surface area contributed by atoms with Gasteiger partial charge in [0.25, 0.3) is 5.91 Å². The maximum absolute atomic E-state index is 13.3. The van der Waals surface area contributed by atoms with E-state index >= 15 is 0 Å². The van der Waals surface area contributed by atoms with Crippen molar-refractivity contribution in [1.82, 2.24) is 14.5 Å². The fraction of sp³-hybridized carbons (Fsp3) is 0.115. The summed E-state index contributed by atoms with van der Waals surface area (Å²) in [6.45, 7) is 2.44. The Morgan fingerprint density at radius 3 is 2.30 bits per heavy atom. The maximum Gasteiger partial charge on any atom is 0.261 e. The average Bonchev–Trinajstić information content (AvgIpc) is 3.10. The second kappa shape index (κ2) is 8.27. The lowest BCUT2D eigenvalue weighted by molar-refractivity contribution is 0.102. The highest BCUT2D eigenvalue weighted by Crippen LogP contribution is 2.30. The van der Waals surface area contributed by atoms with Crippen molar-refractivity contribution in [2.24, 2.45) is 0 Å². The minimum atomic E-state index is -0.320. The molecule has 3 N–H and O–H groups in total. The molecule has 1 amide bonds. The van der Waals surface area contributed by atoms with Crippen molar-refractivity contribution in [1.29, 1.82) is 0 Å². The lowest BCUT2D eigenvalue weighted by Gasteiger charge is -2.09. The van der Waals surface area contributed by atoms with Gasteiger partial charge in [-0.1, -0.05) is 42.0 Å². The van der Waals surface area contributed by atoms with E-state index in [1.165, 1.54) is 0 Å². The number of carbonyl (C=O) groups excluding carboxylic acids is 1. The normalized spacial score (nSPS) is 11.1. The van der Waals surface area contributed by atoms with Crippen LogP contribution in [0, 0.1) is 6.92 Å². The number of hydrogen-bond acceptors (Lipinski definition) is 5. The van der Waals surface area contributed by atoms with Crippen LogP contribution < -0.4 is 15.8 Å². The molecule has 7 nitrogen and oxygen atoms in total. The summed E-state index contributed by atoms with van der Waals surface area (Å²) in [6.07, 6.45) is 0. The number of nitrogens with two attached hydrogens (primary N) is 1. The third kappa shape index (κ3) is 3.85. The van der Waals surface area contributed by atoms with Crippen molar-refractivity contribution in [3.05, 3.63) is 89.5 Å². The number of aryl methyl sites for hydroxylation is 1. The Kier molecular flexibility index (Phi) is 5.14. The number of benzene rings is 3. The molecule has 164 valence electrons. The summed E-state index contributed by atoms with van der Waals surface area (Å²) in [5, 5.41) is 2.94. The zero-order valence-electron chi connectivity index (χ0n) is 18.4. The third-order valence-corrected chi connectivity index (χ3v) is 5.63. The van der Waals surface area contributed by atoms with Crippen LogP contribution >= 0.6 is 0 Å². The van der Waals surface area contributed by atoms with E-state index in [1.54, 1.807) is 7.11 Å². The molecule has 2 aromatic heterocycles. The SMILES string of the molecule is COc1ccc(Cn2c(N)c(C(=O)Nc3ccc(C)cc3)c3nc4ccccc4nc32)cc1. The molecule has 0 saturated carbocycles. The highest BCUT2D eigenvalue weighted by atomic mass is 16.5. The summed E-state index contributed by atoms with van der Waals surface area (Å²) in [7, 11) is 1.63. The fourth-order valence-electron chi connectivity index (χ4n) is 3.84. The standard InChI is InChI=1S/C26H23N5O2/c1-16-7-11-18(12-8-16)28-26(32)22-23-25(30-21-6-4-3-5-20(21)29-23)31(24(22)27)15-17-9-13-19(33-2)14-10-17/h3-14H,15,27H2,1-2H3,(H,28,32). The number of anilines is 2. The van der Waals surface area contributed by atoms with Crippen LogP contribution in [0.3, 0.4) is 0 Å². The predicted molar refractivity (Wildman–Crippen MR) is 131 cm³/mol. The molecule has 2 heterocycles. The summed E-state index contributed by atoms with van der Waals surface area (Å²) in [4.78, 5) is 22.9. The van der Waals surface area contributed by atoms with Crippen LogP contribution in [-0.2, 0) is 6.54 Å². The van der Waals surface area contributed by atoms with Gasteiger partial charge in [-0.3, -0.25) is 4.79 Å². The van der Waals surface area contributed by atoms with Crippen LogP contribution in [0.15, 0.2) is 72.8 Å². The van der Waals surface area contributed by atoms with E-state index in [-0.39, 0.29) is 5.91 Å². The maximum atomic E-state index is 13.3. The number of methoxy groups -OCH3 is 1. The molecule has 0 saturated heterocycles. The molecule has 0 radical (unpaired) electrons. The first kappa shape index (κ1) is 20.5. The minimum absolute atomic E-state index is 0.317. The molecule has 0 spiro atoms. The van der Waals surface area contributed by atoms with Crippen LogP contribution in [-0.4, -0.2) is 27.6 Å². The molecule has 0 aliphatic rings. The molecule has 0 unspecified atom stereocenters. The van der Waals surface area contributed by atoms with Crippen molar-refractivity contribution >= 4 is 39.6 Å². The number of ether oxygens (including phenoxy) is 1. The molecule has 3 aromatic carbocycles. The van der Waals surface area contributed by atoms with Crippen LogP contribution in [0.25, 0.3) is 22.2 Å². The van der Waals surface area contributed by atoms with Crippen molar-refractivity contribution in [2.75, 3.05) is 18.2 Å². The summed E-state index contributed by atoms with van der Waals surface area (Å²) < 4.78 is 7.09. The third-order valence-electron chi connectivity index (χ3n) is 5.63. The molecule has 0 bridgehead atoms. The molecular weight excluding hydrogens is 414 g/mol. The van der Waals surface area contributed by atoms with Crippen molar-refractivity contribution in [2.45, 2.75) is 13.5 Å². The van der Waals surface area contributed by atoms with Gasteiger partial charge < -0.3 is 20.4 Å². The number of hydrogen-bond donors (Lipinski definition) is 2. The summed E-state index contributed by atoms with van der Waals surface area (Å²) >= 11 is 0. The van der Waals surface area contributed by atoms with Gasteiger partial charge in [0.05, 0.1) is 24.7 Å². The highest BCUT2D eigenvalue weighted by molar-refractivity contribution is 6.16. The van der Waals surface area contributed by atoms with Gasteiger partial charge >= 0.3 is 0 Å². The van der Waals surface area contributed by atoms with E-state index in [9.17, 15) is 4.79 Å². The minimum Gasteiger partial charge on any atom is -0.497 e. The smallest absolute Gasteiger partial charge is 0.261 e. The van der Waals surface area contributed by atoms with E-state index in [0.29, 0.717) is 40.3 Å². The zero-order chi connectivity index (χ0) is 22.9. The van der Waals surface area contributed by atoms with Gasteiger partial charge in [-0.15, -0.1) is 0 Å². The number of nitrogens with zero attached hydrogens (tertiary/aromatic N) is 3. The first-order valence-electron chi connectivity index (χ1n) is 10.6. The number of rotatable bonds is 5. The van der Waals surface area contributed by atoms with Gasteiger partial charge in [-0.25, -0.2) is 9.97 Å². The number of carbonyl (C=O) groups is 1. The second-order valence-corrected chi connectivity index (χ2v) is 7.90. The largest absolute Gasteiger partial charge is 0.497 e. The molecule has 0 aliphatic carbocycles. The van der Waals surface area contributed by atoms with Crippen molar-refractivity contribution < 1.29 is 9.53 Å². The molecule has 33 heavy (non-hydrogen) atoms. The van der Waals surface area contributed by atoms with Crippen LogP contribution in [0.4, 0.5) is 11.5 Å². The topological polar surface area (TPSA) is 95.1 Å². The van der Waals surface area contributed by atoms with Crippen molar-refractivity contribution in [3.63, 3.8) is 0 Å². The number of nitrogens with one attached hydrogen (secondary N) is 1. The van der Waals surface area contributed by atoms with E-state index in [0.717, 1.165) is 22.4 Å². The van der Waals surface area contributed by atoms with E-state index < -0.39 is 0 Å². The van der Waals surface area contributed by atoms with Crippen LogP contribution in [0.2, 0.25) is 0 Å². The molecule has 5 aromatic rings. The Hall–Kier alpha value is -4.39. The van der Waals surface area contributed by atoms with E-state index in [1.807, 2.05) is 84.3 Å². The Morgan fingerprint density at radius 1 is 0.970 bits per heavy atom. The number of fused-ring (bicyclic) bond motifs is 2. The monoisotopic (exact) mass is 437 g/mol. The number of aromatic nitrogens is 3. The van der Waals surface area contributed by atoms with E-state index in [4.69, 9.17) is 20.4 Å². The second-order valence-electron chi connectivity index (χ2n) is 7.90. The molecule has 7 heteroatoms. The molecular formula is C26H23N5O2. The Morgan fingerprint density at radius 2 is 1.64 bits per heavy atom. The summed E-state index contributed by atoms with van der Waals surface area (Å²) in [5.74, 6) is 0.771. The Labute approximate surface area is 190 Å². The number of amides is 1. The molecule has 5 rings (SSSR count). The quantitative estimate of drug-likeness (QED) is 0.412. The van der Waals surface area contributed by atoms with Gasteiger partial charge in [0.1, 0.15) is 22.6 Å². The van der Waals surface area contributed by atoms with Gasteiger partial charge in [-0.05, 0) is 48.9 Å². The summed E-state index contributed by atoms with van der Waals surface area (Å²) in [6, 6.07) is 22.9. The van der Waals surface area contributed by atoms with Gasteiger partial charge in [0.15, 0.2) is 5.65 Å². The average molecular weight is 438 g/mol. The highest BCUT2D eigenvalue weighted by Gasteiger charge is 2.24. The lowest BCUT2D eigenvalue weighted by Crippen LogP contribution is -2.15. The van der Waals surface area contributed by atoms with Gasteiger partial charge in [0, 0.05) is 5.69 Å². The fourth-order valence-corrected chi connectivity index (χ4v) is 3.84. The number of nitrogen functional groups attached to an aromatic ring is 1. The zero-order valence-corrected chi connectivity index (χ0v) is 18.4. The Balaban J connectivity index is 1.64. The predicted octanol–water partition coefficient (Wildman–Crippen LogP) is 4.78. The first-order chi connectivity index (χ1) is 16.0. The van der Waals surface area contributed by atoms with Gasteiger partial charge in [-0.2, -0.15) is 0 Å². The molecule has 0 fully saturated rings. The number of para-hydroxylation sites is 2. The van der Waals surface area contributed by atoms with Gasteiger partial charge in [0.2, 0.25) is 0 Å². The first-order valence-corrected chi connectivity index (χ1v) is 10.6. The summed E-state index contributed by atoms with van der Waals surface area (Å²) in [5.41, 5.74) is 12.2. The Bertz CT molecular complexity index is 1470. The lowest BCUT2D eigenvalue weighted by atomic mass is 10.2.